The van der Waals surface area contributed by atoms with Gasteiger partial charge < -0.3 is 15.5 Å². The summed E-state index contributed by atoms with van der Waals surface area (Å²) in [5.74, 6) is 0.636. The number of urea groups is 1. The Bertz CT molecular complexity index is 692. The molecule has 0 saturated heterocycles. The molecule has 0 aliphatic rings. The van der Waals surface area contributed by atoms with E-state index in [1.54, 1.807) is 0 Å². The van der Waals surface area contributed by atoms with E-state index in [-0.39, 0.29) is 6.03 Å². The Morgan fingerprint density at radius 2 is 1.70 bits per heavy atom. The summed E-state index contributed by atoms with van der Waals surface area (Å²) in [4.78, 5) is 22.6. The van der Waals surface area contributed by atoms with E-state index in [4.69, 9.17) is 0 Å². The number of carbonyl (C=O) groups excluding carboxylic acids is 1. The topological polar surface area (TPSA) is 70.2 Å². The summed E-state index contributed by atoms with van der Waals surface area (Å²) in [6.07, 6.45) is 0. The standard InChI is InChI=1S/C17H23N5O/c1-11-6-12(2)8-14(7-11)21-17(23)18-10-15-9-13(3)19-16(20-15)22(4)5/h6-9H,10H2,1-5H3,(H2,18,21,23). The van der Waals surface area contributed by atoms with Crippen molar-refractivity contribution in [3.8, 4) is 0 Å². The highest BCUT2D eigenvalue weighted by atomic mass is 16.2. The van der Waals surface area contributed by atoms with Crippen molar-refractivity contribution >= 4 is 17.7 Å². The quantitative estimate of drug-likeness (QED) is 0.910. The Kier molecular flexibility index (Phi) is 5.16. The molecule has 0 fully saturated rings. The maximum absolute atomic E-state index is 12.0. The highest BCUT2D eigenvalue weighted by molar-refractivity contribution is 5.89. The van der Waals surface area contributed by atoms with E-state index in [1.165, 1.54) is 0 Å². The van der Waals surface area contributed by atoms with Crippen molar-refractivity contribution < 1.29 is 4.79 Å². The molecule has 0 atom stereocenters. The average molecular weight is 313 g/mol. The van der Waals surface area contributed by atoms with Crippen LogP contribution >= 0.6 is 0 Å². The lowest BCUT2D eigenvalue weighted by atomic mass is 10.1. The third kappa shape index (κ3) is 4.95. The van der Waals surface area contributed by atoms with Crippen LogP contribution in [-0.2, 0) is 6.54 Å². The monoisotopic (exact) mass is 313 g/mol. The van der Waals surface area contributed by atoms with Crippen LogP contribution < -0.4 is 15.5 Å². The highest BCUT2D eigenvalue weighted by Crippen LogP contribution is 2.13. The van der Waals surface area contributed by atoms with Crippen LogP contribution in [0.5, 0.6) is 0 Å². The minimum atomic E-state index is -0.252. The van der Waals surface area contributed by atoms with E-state index in [2.05, 4.69) is 26.7 Å². The van der Waals surface area contributed by atoms with Crippen molar-refractivity contribution in [1.82, 2.24) is 15.3 Å². The third-order valence-electron chi connectivity index (χ3n) is 3.21. The average Bonchev–Trinajstić information content (AvgIpc) is 2.43. The number of amides is 2. The summed E-state index contributed by atoms with van der Waals surface area (Å²) < 4.78 is 0. The first-order valence-electron chi connectivity index (χ1n) is 7.48. The van der Waals surface area contributed by atoms with Crippen molar-refractivity contribution in [2.45, 2.75) is 27.3 Å². The normalized spacial score (nSPS) is 10.3. The van der Waals surface area contributed by atoms with Crippen LogP contribution in [0.4, 0.5) is 16.4 Å². The summed E-state index contributed by atoms with van der Waals surface area (Å²) >= 11 is 0. The summed E-state index contributed by atoms with van der Waals surface area (Å²) in [7, 11) is 3.78. The molecule has 2 aromatic rings. The molecule has 0 aliphatic carbocycles. The van der Waals surface area contributed by atoms with Gasteiger partial charge in [0.1, 0.15) is 0 Å². The van der Waals surface area contributed by atoms with Crippen LogP contribution in [-0.4, -0.2) is 30.1 Å². The number of nitrogens with one attached hydrogen (secondary N) is 2. The predicted octanol–water partition coefficient (Wildman–Crippen LogP) is 2.79. The molecule has 0 aliphatic heterocycles. The molecule has 2 amide bonds. The van der Waals surface area contributed by atoms with Crippen molar-refractivity contribution in [1.29, 1.82) is 0 Å². The number of benzene rings is 1. The second-order valence-corrected chi connectivity index (χ2v) is 5.88. The molecule has 0 saturated carbocycles. The van der Waals surface area contributed by atoms with Gasteiger partial charge in [-0.2, -0.15) is 0 Å². The molecule has 1 heterocycles. The molecule has 0 spiro atoms. The zero-order valence-electron chi connectivity index (χ0n) is 14.3. The van der Waals surface area contributed by atoms with Gasteiger partial charge >= 0.3 is 6.03 Å². The van der Waals surface area contributed by atoms with E-state index < -0.39 is 0 Å². The molecular weight excluding hydrogens is 290 g/mol. The zero-order chi connectivity index (χ0) is 17.0. The van der Waals surface area contributed by atoms with Crippen molar-refractivity contribution in [3.05, 3.63) is 46.8 Å². The summed E-state index contributed by atoms with van der Waals surface area (Å²) in [5.41, 5.74) is 4.66. The Morgan fingerprint density at radius 3 is 2.30 bits per heavy atom. The Hall–Kier alpha value is -2.63. The molecule has 1 aromatic carbocycles. The first-order valence-corrected chi connectivity index (χ1v) is 7.48. The summed E-state index contributed by atoms with van der Waals surface area (Å²) in [5, 5.41) is 5.66. The van der Waals surface area contributed by atoms with Crippen molar-refractivity contribution in [2.75, 3.05) is 24.3 Å². The number of hydrogen-bond donors (Lipinski definition) is 2. The van der Waals surface area contributed by atoms with Crippen LogP contribution in [0.3, 0.4) is 0 Å². The summed E-state index contributed by atoms with van der Waals surface area (Å²) in [6.45, 7) is 6.26. The number of anilines is 2. The van der Waals surface area contributed by atoms with E-state index in [1.807, 2.05) is 58.0 Å². The van der Waals surface area contributed by atoms with Crippen molar-refractivity contribution in [2.24, 2.45) is 0 Å². The van der Waals surface area contributed by atoms with Crippen LogP contribution in [0, 0.1) is 20.8 Å². The number of aromatic nitrogens is 2. The van der Waals surface area contributed by atoms with Gasteiger partial charge in [-0.3, -0.25) is 0 Å². The largest absolute Gasteiger partial charge is 0.347 e. The second-order valence-electron chi connectivity index (χ2n) is 5.88. The van der Waals surface area contributed by atoms with Gasteiger partial charge in [0.2, 0.25) is 5.95 Å². The van der Waals surface area contributed by atoms with Gasteiger partial charge in [0.25, 0.3) is 0 Å². The van der Waals surface area contributed by atoms with Crippen LogP contribution in [0.2, 0.25) is 0 Å². The molecular formula is C17H23N5O. The third-order valence-corrected chi connectivity index (χ3v) is 3.21. The molecule has 6 nitrogen and oxygen atoms in total. The van der Waals surface area contributed by atoms with Gasteiger partial charge in [-0.05, 0) is 50.1 Å². The molecule has 1 aromatic heterocycles. The lowest BCUT2D eigenvalue weighted by Gasteiger charge is -2.13. The molecule has 2 N–H and O–H groups in total. The van der Waals surface area contributed by atoms with Gasteiger partial charge in [-0.15, -0.1) is 0 Å². The first-order chi connectivity index (χ1) is 10.8. The van der Waals surface area contributed by atoms with E-state index in [0.29, 0.717) is 12.5 Å². The van der Waals surface area contributed by atoms with Crippen LogP contribution in [0.15, 0.2) is 24.3 Å². The SMILES string of the molecule is Cc1cc(C)cc(NC(=O)NCc2cc(C)nc(N(C)C)n2)c1. The van der Waals surface area contributed by atoms with Gasteiger partial charge in [0.15, 0.2) is 0 Å². The predicted molar refractivity (Wildman–Crippen MR) is 92.9 cm³/mol. The fourth-order valence-corrected chi connectivity index (χ4v) is 2.30. The fraction of sp³-hybridized carbons (Fsp3) is 0.353. The second kappa shape index (κ2) is 7.09. The zero-order valence-corrected chi connectivity index (χ0v) is 14.3. The summed E-state index contributed by atoms with van der Waals surface area (Å²) in [6, 6.07) is 7.55. The van der Waals surface area contributed by atoms with E-state index in [0.717, 1.165) is 28.2 Å². The minimum absolute atomic E-state index is 0.252. The number of carbonyl (C=O) groups is 1. The Morgan fingerprint density at radius 1 is 1.04 bits per heavy atom. The molecule has 2 rings (SSSR count). The number of rotatable bonds is 4. The molecule has 0 unspecified atom stereocenters. The van der Waals surface area contributed by atoms with Crippen molar-refractivity contribution in [3.63, 3.8) is 0 Å². The molecule has 0 radical (unpaired) electrons. The fourth-order valence-electron chi connectivity index (χ4n) is 2.30. The Balaban J connectivity index is 1.99. The molecule has 23 heavy (non-hydrogen) atoms. The number of aryl methyl sites for hydroxylation is 3. The lowest BCUT2D eigenvalue weighted by molar-refractivity contribution is 0.251. The molecule has 122 valence electrons. The van der Waals surface area contributed by atoms with E-state index >= 15 is 0 Å². The first kappa shape index (κ1) is 16.7. The number of hydrogen-bond acceptors (Lipinski definition) is 4. The van der Waals surface area contributed by atoms with Crippen LogP contribution in [0.25, 0.3) is 0 Å². The van der Waals surface area contributed by atoms with Crippen LogP contribution in [0.1, 0.15) is 22.5 Å². The molecule has 0 bridgehead atoms. The smallest absolute Gasteiger partial charge is 0.319 e. The van der Waals surface area contributed by atoms with Gasteiger partial charge in [-0.25, -0.2) is 14.8 Å². The maximum Gasteiger partial charge on any atom is 0.319 e. The highest BCUT2D eigenvalue weighted by Gasteiger charge is 2.07. The van der Waals surface area contributed by atoms with E-state index in [9.17, 15) is 4.79 Å². The molecule has 6 heteroatoms. The Labute approximate surface area is 137 Å². The maximum atomic E-state index is 12.0. The van der Waals surface area contributed by atoms with Gasteiger partial charge in [0, 0.05) is 25.5 Å². The van der Waals surface area contributed by atoms with Gasteiger partial charge in [0.05, 0.1) is 12.2 Å². The minimum Gasteiger partial charge on any atom is -0.347 e. The van der Waals surface area contributed by atoms with Gasteiger partial charge in [-0.1, -0.05) is 6.07 Å². The number of nitrogens with zero attached hydrogens (tertiary/aromatic N) is 3. The lowest BCUT2D eigenvalue weighted by Crippen LogP contribution is -2.29.